The Morgan fingerprint density at radius 3 is 2.45 bits per heavy atom. The fourth-order valence-corrected chi connectivity index (χ4v) is 4.08. The number of aryl methyl sites for hydroxylation is 1. The number of hydrogen-bond donors (Lipinski definition) is 0. The molecule has 0 bridgehead atoms. The van der Waals surface area contributed by atoms with Crippen molar-refractivity contribution in [1.82, 2.24) is 4.90 Å². The van der Waals surface area contributed by atoms with Gasteiger partial charge in [-0.25, -0.2) is 0 Å². The summed E-state index contributed by atoms with van der Waals surface area (Å²) in [6.07, 6.45) is -1.77. The summed E-state index contributed by atoms with van der Waals surface area (Å²) >= 11 is 0. The molecule has 0 radical (unpaired) electrons. The van der Waals surface area contributed by atoms with Gasteiger partial charge in [-0.15, -0.1) is 0 Å². The van der Waals surface area contributed by atoms with E-state index in [4.69, 9.17) is 9.15 Å². The number of nitrogens with zero attached hydrogens (tertiary/aromatic N) is 1. The maximum Gasteiger partial charge on any atom is 0.416 e. The number of benzene rings is 1. The molecule has 1 aliphatic heterocycles. The maximum absolute atomic E-state index is 13.5. The van der Waals surface area contributed by atoms with Crippen molar-refractivity contribution in [3.63, 3.8) is 0 Å². The molecule has 1 aliphatic rings. The summed E-state index contributed by atoms with van der Waals surface area (Å²) in [5.41, 5.74) is -1.76. The van der Waals surface area contributed by atoms with E-state index in [1.807, 2.05) is 0 Å². The average Bonchev–Trinajstić information content (AvgIpc) is 3.26. The van der Waals surface area contributed by atoms with E-state index in [9.17, 15) is 22.8 Å². The lowest BCUT2D eigenvalue weighted by Crippen LogP contribution is -2.48. The zero-order chi connectivity index (χ0) is 22.5. The number of likely N-dealkylation sites (tertiary alicyclic amines) is 1. The van der Waals surface area contributed by atoms with Crippen LogP contribution in [0.2, 0.25) is 0 Å². The largest absolute Gasteiger partial charge is 0.469 e. The molecule has 0 N–H and O–H groups in total. The Labute approximate surface area is 179 Å². The normalized spacial score (nSPS) is 16.2. The summed E-state index contributed by atoms with van der Waals surface area (Å²) in [5.74, 6) is 0.147. The van der Waals surface area contributed by atoms with Crippen LogP contribution in [0, 0.1) is 5.41 Å². The first-order valence-electron chi connectivity index (χ1n) is 10.4. The van der Waals surface area contributed by atoms with E-state index in [0.29, 0.717) is 19.5 Å². The molecule has 0 aliphatic carbocycles. The lowest BCUT2D eigenvalue weighted by molar-refractivity contribution is -0.160. The van der Waals surface area contributed by atoms with Crippen LogP contribution >= 0.6 is 0 Å². The fraction of sp³-hybridized carbons (Fsp3) is 0.478. The smallest absolute Gasteiger partial charge is 0.416 e. The number of hydrogen-bond acceptors (Lipinski definition) is 4. The van der Waals surface area contributed by atoms with Gasteiger partial charge >= 0.3 is 12.1 Å². The summed E-state index contributed by atoms with van der Waals surface area (Å²) in [4.78, 5) is 27.0. The van der Waals surface area contributed by atoms with Crippen LogP contribution < -0.4 is 0 Å². The van der Waals surface area contributed by atoms with Crippen molar-refractivity contribution in [2.75, 3.05) is 19.7 Å². The molecule has 1 fully saturated rings. The van der Waals surface area contributed by atoms with E-state index in [2.05, 4.69) is 0 Å². The zero-order valence-electron chi connectivity index (χ0n) is 17.4. The van der Waals surface area contributed by atoms with Crippen LogP contribution in [-0.4, -0.2) is 36.5 Å². The predicted octanol–water partition coefficient (Wildman–Crippen LogP) is 4.65. The first-order valence-corrected chi connectivity index (χ1v) is 10.4. The second-order valence-electron chi connectivity index (χ2n) is 7.79. The molecular weight excluding hydrogens is 411 g/mol. The van der Waals surface area contributed by atoms with Crippen LogP contribution in [0.15, 0.2) is 47.1 Å². The van der Waals surface area contributed by atoms with Crippen molar-refractivity contribution in [3.8, 4) is 0 Å². The Morgan fingerprint density at radius 1 is 1.13 bits per heavy atom. The van der Waals surface area contributed by atoms with Gasteiger partial charge in [0, 0.05) is 25.9 Å². The van der Waals surface area contributed by atoms with Crippen LogP contribution in [0.1, 0.15) is 43.1 Å². The molecule has 8 heteroatoms. The molecule has 1 saturated heterocycles. The van der Waals surface area contributed by atoms with Crippen LogP contribution in [0.4, 0.5) is 13.2 Å². The molecule has 168 valence electrons. The number of carbonyl (C=O) groups is 2. The minimum absolute atomic E-state index is 0.0652. The Balaban J connectivity index is 1.73. The highest BCUT2D eigenvalue weighted by Crippen LogP contribution is 2.40. The number of carbonyl (C=O) groups excluding carboxylic acids is 2. The number of rotatable bonds is 7. The number of piperidine rings is 1. The monoisotopic (exact) mass is 437 g/mol. The van der Waals surface area contributed by atoms with Crippen molar-refractivity contribution in [3.05, 3.63) is 59.5 Å². The van der Waals surface area contributed by atoms with Crippen molar-refractivity contribution >= 4 is 11.9 Å². The predicted molar refractivity (Wildman–Crippen MR) is 107 cm³/mol. The SMILES string of the molecule is CCOC(=O)C1(Cc2ccccc2C(F)(F)F)CCN(C(=O)CCc2ccco2)CC1. The summed E-state index contributed by atoms with van der Waals surface area (Å²) in [6, 6.07) is 8.87. The van der Waals surface area contributed by atoms with E-state index < -0.39 is 23.1 Å². The number of esters is 1. The molecule has 0 spiro atoms. The van der Waals surface area contributed by atoms with Crippen LogP contribution in [-0.2, 0) is 33.3 Å². The van der Waals surface area contributed by atoms with Gasteiger partial charge in [-0.3, -0.25) is 9.59 Å². The molecule has 1 aromatic heterocycles. The van der Waals surface area contributed by atoms with E-state index in [-0.39, 0.29) is 43.8 Å². The summed E-state index contributed by atoms with van der Waals surface area (Å²) in [5, 5.41) is 0. The highest BCUT2D eigenvalue weighted by atomic mass is 19.4. The number of alkyl halides is 3. The molecule has 1 aromatic carbocycles. The van der Waals surface area contributed by atoms with Gasteiger partial charge in [0.05, 0.1) is 23.8 Å². The third kappa shape index (κ3) is 5.48. The quantitative estimate of drug-likeness (QED) is 0.592. The molecule has 0 atom stereocenters. The molecule has 0 saturated carbocycles. The van der Waals surface area contributed by atoms with Crippen molar-refractivity contribution in [2.45, 2.75) is 45.2 Å². The van der Waals surface area contributed by atoms with Gasteiger partial charge in [-0.2, -0.15) is 13.2 Å². The third-order valence-corrected chi connectivity index (χ3v) is 5.80. The number of furan rings is 1. The Morgan fingerprint density at radius 2 is 1.84 bits per heavy atom. The third-order valence-electron chi connectivity index (χ3n) is 5.80. The Hall–Kier alpha value is -2.77. The molecule has 0 unspecified atom stereocenters. The lowest BCUT2D eigenvalue weighted by atomic mass is 9.73. The van der Waals surface area contributed by atoms with Gasteiger partial charge in [0.15, 0.2) is 0 Å². The highest BCUT2D eigenvalue weighted by Gasteiger charge is 2.45. The summed E-state index contributed by atoms with van der Waals surface area (Å²) in [6.45, 7) is 2.41. The minimum atomic E-state index is -4.50. The second-order valence-corrected chi connectivity index (χ2v) is 7.79. The van der Waals surface area contributed by atoms with E-state index >= 15 is 0 Å². The molecule has 1 amide bonds. The average molecular weight is 437 g/mol. The van der Waals surface area contributed by atoms with Crippen LogP contribution in [0.25, 0.3) is 0 Å². The topological polar surface area (TPSA) is 59.8 Å². The number of amides is 1. The van der Waals surface area contributed by atoms with Crippen molar-refractivity contribution in [1.29, 1.82) is 0 Å². The molecule has 3 rings (SSSR count). The van der Waals surface area contributed by atoms with E-state index in [1.54, 1.807) is 30.2 Å². The molecule has 5 nitrogen and oxygen atoms in total. The minimum Gasteiger partial charge on any atom is -0.469 e. The molecule has 2 aromatic rings. The van der Waals surface area contributed by atoms with E-state index in [1.165, 1.54) is 18.2 Å². The fourth-order valence-electron chi connectivity index (χ4n) is 4.08. The Bertz CT molecular complexity index is 884. The first kappa shape index (κ1) is 22.9. The van der Waals surface area contributed by atoms with Gasteiger partial charge in [0.2, 0.25) is 5.91 Å². The molecule has 31 heavy (non-hydrogen) atoms. The number of halogens is 3. The summed E-state index contributed by atoms with van der Waals surface area (Å²) in [7, 11) is 0. The summed E-state index contributed by atoms with van der Waals surface area (Å²) < 4.78 is 50.9. The van der Waals surface area contributed by atoms with Crippen molar-refractivity contribution in [2.24, 2.45) is 5.41 Å². The number of ether oxygens (including phenoxy) is 1. The van der Waals surface area contributed by atoms with Gasteiger partial charge in [0.25, 0.3) is 0 Å². The maximum atomic E-state index is 13.5. The van der Waals surface area contributed by atoms with Gasteiger partial charge < -0.3 is 14.1 Å². The zero-order valence-corrected chi connectivity index (χ0v) is 17.4. The molecule has 2 heterocycles. The van der Waals surface area contributed by atoms with Gasteiger partial charge in [0.1, 0.15) is 5.76 Å². The van der Waals surface area contributed by atoms with Crippen molar-refractivity contribution < 1.29 is 31.9 Å². The van der Waals surface area contributed by atoms with E-state index in [0.717, 1.165) is 11.8 Å². The van der Waals surface area contributed by atoms with Gasteiger partial charge in [-0.1, -0.05) is 18.2 Å². The lowest BCUT2D eigenvalue weighted by Gasteiger charge is -2.40. The highest BCUT2D eigenvalue weighted by molar-refractivity contribution is 5.79. The van der Waals surface area contributed by atoms with Crippen LogP contribution in [0.3, 0.4) is 0 Å². The first-order chi connectivity index (χ1) is 14.7. The van der Waals surface area contributed by atoms with Crippen LogP contribution in [0.5, 0.6) is 0 Å². The second kappa shape index (κ2) is 9.58. The molecular formula is C23H26F3NO4. The van der Waals surface area contributed by atoms with Gasteiger partial charge in [-0.05, 0) is 49.9 Å². The Kier molecular flexibility index (Phi) is 7.08. The standard InChI is InChI=1S/C23H26F3NO4/c1-2-30-21(29)22(16-17-6-3-4-8-19(17)23(24,25)26)11-13-27(14-12-22)20(28)10-9-18-7-5-15-31-18/h3-8,15H,2,9-14,16H2,1H3.